The van der Waals surface area contributed by atoms with E-state index in [1.807, 2.05) is 36.4 Å². The van der Waals surface area contributed by atoms with Crippen molar-refractivity contribution in [2.45, 2.75) is 12.3 Å². The summed E-state index contributed by atoms with van der Waals surface area (Å²) in [4.78, 5) is 11.9. The van der Waals surface area contributed by atoms with Crippen LogP contribution < -0.4 is 0 Å². The largest absolute Gasteiger partial charge is 0.289 e. The Kier molecular flexibility index (Phi) is 3.28. The number of ketones is 1. The molecule has 2 aromatic carbocycles. The maximum absolute atomic E-state index is 11.9. The van der Waals surface area contributed by atoms with Gasteiger partial charge in [0.25, 0.3) is 0 Å². The zero-order valence-corrected chi connectivity index (χ0v) is 10.7. The number of hydrogen-bond donors (Lipinski definition) is 0. The molecule has 94 valence electrons. The first-order chi connectivity index (χ1) is 9.34. The van der Waals surface area contributed by atoms with Crippen LogP contribution in [0.5, 0.6) is 0 Å². The van der Waals surface area contributed by atoms with E-state index in [2.05, 4.69) is 30.3 Å². The fourth-order valence-electron chi connectivity index (χ4n) is 2.42. The van der Waals surface area contributed by atoms with E-state index >= 15 is 0 Å². The first kappa shape index (κ1) is 11.9. The normalized spacial score (nSPS) is 21.5. The monoisotopic (exact) mass is 248 g/mol. The van der Waals surface area contributed by atoms with Crippen LogP contribution in [0, 0.1) is 5.92 Å². The van der Waals surface area contributed by atoms with E-state index in [9.17, 15) is 4.79 Å². The highest BCUT2D eigenvalue weighted by Crippen LogP contribution is 2.48. The van der Waals surface area contributed by atoms with Gasteiger partial charge in [-0.1, -0.05) is 66.7 Å². The van der Waals surface area contributed by atoms with E-state index in [1.54, 1.807) is 6.08 Å². The molecule has 0 N–H and O–H groups in total. The van der Waals surface area contributed by atoms with Gasteiger partial charge in [-0.15, -0.1) is 0 Å². The predicted molar refractivity (Wildman–Crippen MR) is 77.2 cm³/mol. The highest BCUT2D eigenvalue weighted by atomic mass is 16.1. The van der Waals surface area contributed by atoms with Crippen molar-refractivity contribution in [1.29, 1.82) is 0 Å². The van der Waals surface area contributed by atoms with Gasteiger partial charge in [0.15, 0.2) is 5.78 Å². The molecule has 0 saturated heterocycles. The molecule has 0 heterocycles. The average Bonchev–Trinajstić information content (AvgIpc) is 3.26. The van der Waals surface area contributed by atoms with Crippen molar-refractivity contribution >= 4 is 5.78 Å². The van der Waals surface area contributed by atoms with Crippen molar-refractivity contribution in [3.8, 4) is 0 Å². The SMILES string of the molecule is O=C(/C=C/C1CC1c1ccccc1)c1ccccc1. The molecule has 0 aromatic heterocycles. The smallest absolute Gasteiger partial charge is 0.185 e. The van der Waals surface area contributed by atoms with Gasteiger partial charge in [0.1, 0.15) is 0 Å². The van der Waals surface area contributed by atoms with Crippen LogP contribution in [0.2, 0.25) is 0 Å². The summed E-state index contributed by atoms with van der Waals surface area (Å²) < 4.78 is 0. The van der Waals surface area contributed by atoms with Gasteiger partial charge in [-0.2, -0.15) is 0 Å². The van der Waals surface area contributed by atoms with E-state index in [-0.39, 0.29) is 5.78 Å². The minimum atomic E-state index is 0.0966. The van der Waals surface area contributed by atoms with Gasteiger partial charge in [-0.25, -0.2) is 0 Å². The van der Waals surface area contributed by atoms with E-state index < -0.39 is 0 Å². The third kappa shape index (κ3) is 2.82. The van der Waals surface area contributed by atoms with Crippen molar-refractivity contribution in [3.05, 3.63) is 83.9 Å². The Labute approximate surface area is 113 Å². The van der Waals surface area contributed by atoms with Crippen LogP contribution in [0.1, 0.15) is 28.3 Å². The Hall–Kier alpha value is -2.15. The molecule has 0 amide bonds. The summed E-state index contributed by atoms with van der Waals surface area (Å²) in [6.45, 7) is 0. The van der Waals surface area contributed by atoms with Crippen molar-refractivity contribution in [1.82, 2.24) is 0 Å². The average molecular weight is 248 g/mol. The number of carbonyl (C=O) groups is 1. The van der Waals surface area contributed by atoms with E-state index in [1.165, 1.54) is 5.56 Å². The molecule has 1 nitrogen and oxygen atoms in total. The lowest BCUT2D eigenvalue weighted by atomic mass is 10.1. The van der Waals surface area contributed by atoms with Crippen molar-refractivity contribution in [2.24, 2.45) is 5.92 Å². The van der Waals surface area contributed by atoms with Gasteiger partial charge in [-0.05, 0) is 29.9 Å². The second-order valence-electron chi connectivity index (χ2n) is 5.01. The molecule has 1 aliphatic carbocycles. The summed E-state index contributed by atoms with van der Waals surface area (Å²) in [5.74, 6) is 1.22. The molecule has 1 saturated carbocycles. The molecule has 1 aliphatic rings. The number of allylic oxidation sites excluding steroid dienone is 2. The highest BCUT2D eigenvalue weighted by Gasteiger charge is 2.35. The zero-order chi connectivity index (χ0) is 13.1. The molecule has 2 atom stereocenters. The molecule has 1 fully saturated rings. The molecule has 0 radical (unpaired) electrons. The molecular weight excluding hydrogens is 232 g/mol. The Bertz CT molecular complexity index is 584. The standard InChI is InChI=1S/C18H16O/c19-18(15-9-5-2-6-10-15)12-11-16-13-17(16)14-7-3-1-4-8-14/h1-12,16-17H,13H2/b12-11+. The minimum Gasteiger partial charge on any atom is -0.289 e. The summed E-state index contributed by atoms with van der Waals surface area (Å²) in [5.41, 5.74) is 2.14. The van der Waals surface area contributed by atoms with Crippen LogP contribution in [0.3, 0.4) is 0 Å². The predicted octanol–water partition coefficient (Wildman–Crippen LogP) is 4.23. The summed E-state index contributed by atoms with van der Waals surface area (Å²) in [7, 11) is 0. The molecule has 0 aliphatic heterocycles. The van der Waals surface area contributed by atoms with Crippen molar-refractivity contribution in [2.75, 3.05) is 0 Å². The second-order valence-corrected chi connectivity index (χ2v) is 5.01. The van der Waals surface area contributed by atoms with Gasteiger partial charge in [0, 0.05) is 5.56 Å². The van der Waals surface area contributed by atoms with Crippen LogP contribution in [0.25, 0.3) is 0 Å². The number of hydrogen-bond acceptors (Lipinski definition) is 1. The fraction of sp³-hybridized carbons (Fsp3) is 0.167. The molecule has 19 heavy (non-hydrogen) atoms. The first-order valence-electron chi connectivity index (χ1n) is 6.67. The first-order valence-corrected chi connectivity index (χ1v) is 6.67. The quantitative estimate of drug-likeness (QED) is 0.584. The molecule has 0 spiro atoms. The maximum atomic E-state index is 11.9. The second kappa shape index (κ2) is 5.23. The maximum Gasteiger partial charge on any atom is 0.185 e. The molecule has 1 heteroatoms. The van der Waals surface area contributed by atoms with Gasteiger partial charge < -0.3 is 0 Å². The van der Waals surface area contributed by atoms with Gasteiger partial charge in [0.2, 0.25) is 0 Å². The molecule has 3 rings (SSSR count). The lowest BCUT2D eigenvalue weighted by Crippen LogP contribution is -1.93. The molecular formula is C18H16O. The number of rotatable bonds is 4. The summed E-state index contributed by atoms with van der Waals surface area (Å²) in [6.07, 6.45) is 4.94. The van der Waals surface area contributed by atoms with E-state index in [4.69, 9.17) is 0 Å². The lowest BCUT2D eigenvalue weighted by Gasteiger charge is -1.96. The summed E-state index contributed by atoms with van der Waals surface area (Å²) in [6, 6.07) is 19.9. The van der Waals surface area contributed by atoms with E-state index in [0.29, 0.717) is 11.8 Å². The lowest BCUT2D eigenvalue weighted by molar-refractivity contribution is 0.104. The van der Waals surface area contributed by atoms with E-state index in [0.717, 1.165) is 12.0 Å². The Morgan fingerprint density at radius 1 is 0.947 bits per heavy atom. The third-order valence-electron chi connectivity index (χ3n) is 3.62. The Morgan fingerprint density at radius 2 is 1.58 bits per heavy atom. The van der Waals surface area contributed by atoms with Crippen LogP contribution in [-0.4, -0.2) is 5.78 Å². The minimum absolute atomic E-state index is 0.0966. The van der Waals surface area contributed by atoms with Crippen LogP contribution in [0.15, 0.2) is 72.8 Å². The van der Waals surface area contributed by atoms with Crippen molar-refractivity contribution < 1.29 is 4.79 Å². The van der Waals surface area contributed by atoms with Crippen LogP contribution in [-0.2, 0) is 0 Å². The zero-order valence-electron chi connectivity index (χ0n) is 10.7. The van der Waals surface area contributed by atoms with Gasteiger partial charge in [-0.3, -0.25) is 4.79 Å². The molecule has 0 bridgehead atoms. The fourth-order valence-corrected chi connectivity index (χ4v) is 2.42. The van der Waals surface area contributed by atoms with Crippen molar-refractivity contribution in [3.63, 3.8) is 0 Å². The third-order valence-corrected chi connectivity index (χ3v) is 3.62. The highest BCUT2D eigenvalue weighted by molar-refractivity contribution is 6.04. The number of benzene rings is 2. The Balaban J connectivity index is 1.62. The van der Waals surface area contributed by atoms with Crippen LogP contribution >= 0.6 is 0 Å². The summed E-state index contributed by atoms with van der Waals surface area (Å²) >= 11 is 0. The topological polar surface area (TPSA) is 17.1 Å². The van der Waals surface area contributed by atoms with Crippen LogP contribution in [0.4, 0.5) is 0 Å². The van der Waals surface area contributed by atoms with Gasteiger partial charge >= 0.3 is 0 Å². The molecule has 2 unspecified atom stereocenters. The number of carbonyl (C=O) groups excluding carboxylic acids is 1. The summed E-state index contributed by atoms with van der Waals surface area (Å²) in [5, 5.41) is 0. The van der Waals surface area contributed by atoms with Gasteiger partial charge in [0.05, 0.1) is 0 Å². The Morgan fingerprint density at radius 3 is 2.26 bits per heavy atom. The molecule has 2 aromatic rings.